The molecule has 3 aromatic rings. The third-order valence-corrected chi connectivity index (χ3v) is 7.41. The first-order chi connectivity index (χ1) is 19.6. The summed E-state index contributed by atoms with van der Waals surface area (Å²) < 4.78 is 41.7. The van der Waals surface area contributed by atoms with Gasteiger partial charge in [0.25, 0.3) is 11.8 Å². The number of anilines is 2. The molecule has 8 nitrogen and oxygen atoms in total. The van der Waals surface area contributed by atoms with E-state index in [1.165, 1.54) is 48.7 Å². The van der Waals surface area contributed by atoms with Crippen molar-refractivity contribution in [1.29, 1.82) is 0 Å². The number of amides is 3. The van der Waals surface area contributed by atoms with Gasteiger partial charge < -0.3 is 5.32 Å². The van der Waals surface area contributed by atoms with Crippen LogP contribution >= 0.6 is 11.6 Å². The van der Waals surface area contributed by atoms with Gasteiger partial charge in [-0.2, -0.15) is 0 Å². The maximum atomic E-state index is 14.5. The molecule has 1 aliphatic carbocycles. The Balaban J connectivity index is 1.61. The first-order valence-electron chi connectivity index (χ1n) is 12.7. The van der Waals surface area contributed by atoms with E-state index in [4.69, 9.17) is 18.2 Å². The van der Waals surface area contributed by atoms with E-state index in [-0.39, 0.29) is 40.6 Å². The fourth-order valence-corrected chi connectivity index (χ4v) is 5.38. The van der Waals surface area contributed by atoms with Crippen LogP contribution in [0.15, 0.2) is 66.9 Å². The van der Waals surface area contributed by atoms with Crippen LogP contribution in [0.3, 0.4) is 0 Å². The monoisotopic (exact) mass is 581 g/mol. The number of carbonyl (C=O) groups is 3. The molecule has 2 atom stereocenters. The number of rotatable bonds is 7. The number of aromatic nitrogens is 1. The minimum Gasteiger partial charge on any atom is -0.351 e. The molecule has 3 amide bonds. The molecule has 1 saturated carbocycles. The summed E-state index contributed by atoms with van der Waals surface area (Å²) in [5.74, 6) is -5.48. The van der Waals surface area contributed by atoms with E-state index in [0.29, 0.717) is 0 Å². The van der Waals surface area contributed by atoms with Gasteiger partial charge in [-0.05, 0) is 42.8 Å². The van der Waals surface area contributed by atoms with E-state index < -0.39 is 60.4 Å². The molecule has 0 unspecified atom stereocenters. The molecule has 0 spiro atoms. The van der Waals surface area contributed by atoms with E-state index in [1.807, 2.05) is 0 Å². The summed E-state index contributed by atoms with van der Waals surface area (Å²) >= 11 is 6.49. The average Bonchev–Trinajstić information content (AvgIpc) is 3.32. The summed E-state index contributed by atoms with van der Waals surface area (Å²) in [6.07, 6.45) is 0.261. The topological polar surface area (TPSA) is 87.0 Å². The predicted octanol–water partition coefficient (Wildman–Crippen LogP) is 5.61. The number of carbonyl (C=O) groups excluding carboxylic acids is 3. The highest BCUT2D eigenvalue weighted by Crippen LogP contribution is 2.40. The van der Waals surface area contributed by atoms with Gasteiger partial charge in [-0.1, -0.05) is 35.9 Å². The summed E-state index contributed by atoms with van der Waals surface area (Å²) in [6.45, 7) is 7.30. The number of alkyl halides is 2. The van der Waals surface area contributed by atoms with Crippen molar-refractivity contribution in [3.8, 4) is 0 Å². The molecule has 1 aliphatic heterocycles. The number of halogens is 4. The number of hydrogen-bond acceptors (Lipinski definition) is 4. The van der Waals surface area contributed by atoms with Gasteiger partial charge in [0.2, 0.25) is 11.8 Å². The molecule has 2 fully saturated rings. The maximum Gasteiger partial charge on any atom is 0.252 e. The number of pyridine rings is 1. The maximum absolute atomic E-state index is 14.5. The van der Waals surface area contributed by atoms with Crippen LogP contribution in [0.25, 0.3) is 4.85 Å². The second-order valence-electron chi connectivity index (χ2n) is 9.88. The van der Waals surface area contributed by atoms with Crippen molar-refractivity contribution in [2.24, 2.45) is 0 Å². The molecule has 0 radical (unpaired) electrons. The highest BCUT2D eigenvalue weighted by molar-refractivity contribution is 6.31. The molecule has 210 valence electrons. The second-order valence-corrected chi connectivity index (χ2v) is 10.3. The number of hydrogen-bond donors (Lipinski definition) is 1. The van der Waals surface area contributed by atoms with Gasteiger partial charge in [0.15, 0.2) is 5.69 Å². The number of nitrogens with zero attached hydrogens (tertiary/aromatic N) is 4. The quantitative estimate of drug-likeness (QED) is 0.368. The van der Waals surface area contributed by atoms with Gasteiger partial charge in [-0.3, -0.25) is 24.2 Å². The highest BCUT2D eigenvalue weighted by Gasteiger charge is 2.48. The van der Waals surface area contributed by atoms with Crippen LogP contribution in [0, 0.1) is 12.4 Å². The first-order valence-corrected chi connectivity index (χ1v) is 13.1. The predicted molar refractivity (Wildman–Crippen MR) is 145 cm³/mol. The van der Waals surface area contributed by atoms with Gasteiger partial charge in [0.05, 0.1) is 6.57 Å². The molecule has 2 aliphatic rings. The fourth-order valence-electron chi connectivity index (χ4n) is 5.14. The average molecular weight is 582 g/mol. The van der Waals surface area contributed by atoms with Gasteiger partial charge >= 0.3 is 0 Å². The van der Waals surface area contributed by atoms with Crippen molar-refractivity contribution in [2.75, 3.05) is 9.80 Å². The van der Waals surface area contributed by atoms with Crippen LogP contribution < -0.4 is 15.1 Å². The third kappa shape index (κ3) is 5.74. The zero-order valence-corrected chi connectivity index (χ0v) is 22.2. The normalized spacial score (nSPS) is 18.8. The molecule has 1 saturated heterocycles. The second kappa shape index (κ2) is 11.2. The van der Waals surface area contributed by atoms with Crippen molar-refractivity contribution in [3.05, 3.63) is 94.7 Å². The number of nitrogens with one attached hydrogen (secondary N) is 1. The summed E-state index contributed by atoms with van der Waals surface area (Å²) in [7, 11) is 0. The molecule has 2 aromatic carbocycles. The largest absolute Gasteiger partial charge is 0.351 e. The lowest BCUT2D eigenvalue weighted by atomic mass is 9.87. The van der Waals surface area contributed by atoms with Crippen molar-refractivity contribution < 1.29 is 27.6 Å². The summed E-state index contributed by atoms with van der Waals surface area (Å²) in [6, 6.07) is 10.6. The zero-order valence-electron chi connectivity index (χ0n) is 21.4. The van der Waals surface area contributed by atoms with Crippen molar-refractivity contribution in [1.82, 2.24) is 10.3 Å². The lowest BCUT2D eigenvalue weighted by Gasteiger charge is -2.39. The molecule has 5 rings (SSSR count). The summed E-state index contributed by atoms with van der Waals surface area (Å²) in [5, 5.41) is 2.70. The Kier molecular flexibility index (Phi) is 7.69. The van der Waals surface area contributed by atoms with E-state index in [2.05, 4.69) is 15.1 Å². The molecular weight excluding hydrogens is 559 g/mol. The smallest absolute Gasteiger partial charge is 0.252 e. The van der Waals surface area contributed by atoms with Crippen LogP contribution in [0.2, 0.25) is 5.02 Å². The van der Waals surface area contributed by atoms with E-state index in [1.54, 1.807) is 12.1 Å². The summed E-state index contributed by atoms with van der Waals surface area (Å²) in [4.78, 5) is 51.0. The minimum atomic E-state index is -2.91. The Morgan fingerprint density at radius 2 is 1.90 bits per heavy atom. The highest BCUT2D eigenvalue weighted by atomic mass is 35.5. The van der Waals surface area contributed by atoms with Gasteiger partial charge in [0, 0.05) is 47.8 Å². The Bertz CT molecular complexity index is 1550. The van der Waals surface area contributed by atoms with Crippen LogP contribution in [0.5, 0.6) is 0 Å². The van der Waals surface area contributed by atoms with Crippen molar-refractivity contribution in [2.45, 2.75) is 49.7 Å². The zero-order chi connectivity index (χ0) is 29.3. The van der Waals surface area contributed by atoms with Gasteiger partial charge in [-0.15, -0.1) is 0 Å². The fraction of sp³-hybridized carbons (Fsp3) is 0.276. The Morgan fingerprint density at radius 1 is 1.15 bits per heavy atom. The van der Waals surface area contributed by atoms with Crippen LogP contribution in [0.4, 0.5) is 30.4 Å². The molecule has 1 aromatic heterocycles. The minimum absolute atomic E-state index is 0.00354. The first kappa shape index (κ1) is 28.1. The van der Waals surface area contributed by atoms with E-state index in [9.17, 15) is 27.6 Å². The molecule has 0 bridgehead atoms. The molecule has 1 N–H and O–H groups in total. The Morgan fingerprint density at radius 3 is 2.59 bits per heavy atom. The van der Waals surface area contributed by atoms with Crippen LogP contribution in [0.1, 0.15) is 37.3 Å². The SMILES string of the molecule is [C-]#[N+]c1ccnc(N2C(=O)CC[C@H]2C(=O)N(c2cccc(F)c2)[C@H](C(=O)NC2CC(F)(F)C2)c2ccccc2Cl)c1. The Hall–Kier alpha value is -4.43. The van der Waals surface area contributed by atoms with Gasteiger partial charge in [-0.25, -0.2) is 23.0 Å². The van der Waals surface area contributed by atoms with Crippen molar-refractivity contribution in [3.63, 3.8) is 0 Å². The van der Waals surface area contributed by atoms with Gasteiger partial charge in [0.1, 0.15) is 23.7 Å². The molecule has 41 heavy (non-hydrogen) atoms. The summed E-state index contributed by atoms with van der Waals surface area (Å²) in [5.41, 5.74) is 0.379. The van der Waals surface area contributed by atoms with E-state index >= 15 is 0 Å². The standard InChI is InChI=1S/C29H23ClF3N5O3/c1-34-18-11-12-35-24(14-18)38-23(9-10-25(38)39)28(41)37(20-6-4-5-17(31)13-20)26(21-7-2-3-8-22(21)30)27(40)36-19-15-29(32,33)16-19/h2-8,11-14,19,23,26H,9-10,15-16H2,(H,36,40)/t23-,26-/m0/s1. The van der Waals surface area contributed by atoms with Crippen LogP contribution in [-0.2, 0) is 14.4 Å². The number of benzene rings is 2. The Labute approximate surface area is 238 Å². The van der Waals surface area contributed by atoms with Crippen LogP contribution in [-0.4, -0.2) is 40.7 Å². The third-order valence-electron chi connectivity index (χ3n) is 7.07. The lowest BCUT2D eigenvalue weighted by Crippen LogP contribution is -2.56. The van der Waals surface area contributed by atoms with E-state index in [0.717, 1.165) is 15.9 Å². The molecule has 2 heterocycles. The van der Waals surface area contributed by atoms with Crippen molar-refractivity contribution >= 4 is 46.5 Å². The lowest BCUT2D eigenvalue weighted by molar-refractivity contribution is -0.133. The molecule has 12 heteroatoms. The molecular formula is C29H23ClF3N5O3.